The third kappa shape index (κ3) is 10.1. The first-order valence-corrected chi connectivity index (χ1v) is 9.03. The lowest BCUT2D eigenvalue weighted by molar-refractivity contribution is 0.0105. The standard InChI is InChI=1S/C18H31N3O3.HI/c1-22-15-12-21-18(20-11-9-17-8-5-14-24-17)19-10-4-7-16-6-2-3-13-23-16;/h5,8,14,16H,2-4,6-7,9-13,15H2,1H3,(H2,19,20,21);1H. The van der Waals surface area contributed by atoms with E-state index in [0.717, 1.165) is 57.2 Å². The largest absolute Gasteiger partial charge is 0.469 e. The van der Waals surface area contributed by atoms with E-state index in [4.69, 9.17) is 13.9 Å². The molecule has 1 unspecified atom stereocenters. The van der Waals surface area contributed by atoms with Crippen molar-refractivity contribution in [2.24, 2.45) is 4.99 Å². The van der Waals surface area contributed by atoms with Crippen LogP contribution in [-0.2, 0) is 15.9 Å². The van der Waals surface area contributed by atoms with Crippen molar-refractivity contribution in [1.82, 2.24) is 10.6 Å². The van der Waals surface area contributed by atoms with Gasteiger partial charge in [-0.1, -0.05) is 0 Å². The summed E-state index contributed by atoms with van der Waals surface area (Å²) < 4.78 is 16.2. The van der Waals surface area contributed by atoms with E-state index in [1.165, 1.54) is 19.3 Å². The first-order valence-electron chi connectivity index (χ1n) is 9.03. The summed E-state index contributed by atoms with van der Waals surface area (Å²) in [6.45, 7) is 3.93. The second-order valence-corrected chi connectivity index (χ2v) is 6.04. The summed E-state index contributed by atoms with van der Waals surface area (Å²) in [5.41, 5.74) is 0. The van der Waals surface area contributed by atoms with Gasteiger partial charge in [0, 0.05) is 39.8 Å². The Balaban J connectivity index is 0.00000312. The lowest BCUT2D eigenvalue weighted by Gasteiger charge is -2.22. The van der Waals surface area contributed by atoms with Crippen LogP contribution in [0.2, 0.25) is 0 Å². The zero-order valence-electron chi connectivity index (χ0n) is 15.2. The number of guanidine groups is 1. The summed E-state index contributed by atoms with van der Waals surface area (Å²) in [4.78, 5) is 4.65. The van der Waals surface area contributed by atoms with Crippen LogP contribution in [0.5, 0.6) is 0 Å². The molecule has 1 aromatic rings. The number of hydrogen-bond acceptors (Lipinski definition) is 4. The molecule has 0 bridgehead atoms. The minimum absolute atomic E-state index is 0. The molecular formula is C18H32IN3O3. The third-order valence-corrected chi connectivity index (χ3v) is 4.07. The first kappa shape index (κ1) is 22.2. The Bertz CT molecular complexity index is 448. The Hall–Kier alpha value is -0.800. The predicted molar refractivity (Wildman–Crippen MR) is 111 cm³/mol. The molecule has 0 saturated carbocycles. The SMILES string of the molecule is COCCNC(=NCCCC1CCCCO1)NCCc1ccco1.I. The van der Waals surface area contributed by atoms with Crippen LogP contribution in [0.15, 0.2) is 27.8 Å². The maximum atomic E-state index is 5.76. The normalized spacial score (nSPS) is 17.8. The van der Waals surface area contributed by atoms with Gasteiger partial charge in [0.2, 0.25) is 0 Å². The van der Waals surface area contributed by atoms with E-state index in [0.29, 0.717) is 12.7 Å². The Morgan fingerprint density at radius 1 is 1.32 bits per heavy atom. The number of furan rings is 1. The minimum atomic E-state index is 0. The highest BCUT2D eigenvalue weighted by Crippen LogP contribution is 2.16. The smallest absolute Gasteiger partial charge is 0.191 e. The van der Waals surface area contributed by atoms with E-state index in [-0.39, 0.29) is 24.0 Å². The summed E-state index contributed by atoms with van der Waals surface area (Å²) in [6.07, 6.45) is 8.84. The third-order valence-electron chi connectivity index (χ3n) is 4.07. The van der Waals surface area contributed by atoms with Crippen LogP contribution in [0.4, 0.5) is 0 Å². The Labute approximate surface area is 168 Å². The van der Waals surface area contributed by atoms with Gasteiger partial charge in [0.05, 0.1) is 19.0 Å². The molecule has 6 nitrogen and oxygen atoms in total. The van der Waals surface area contributed by atoms with Crippen LogP contribution in [0.1, 0.15) is 37.9 Å². The second kappa shape index (κ2) is 14.4. The molecule has 2 rings (SSSR count). The number of hydrogen-bond donors (Lipinski definition) is 2. The number of rotatable bonds is 10. The number of halogens is 1. The monoisotopic (exact) mass is 465 g/mol. The molecule has 0 spiro atoms. The van der Waals surface area contributed by atoms with Crippen LogP contribution in [0.3, 0.4) is 0 Å². The minimum Gasteiger partial charge on any atom is -0.469 e. The lowest BCUT2D eigenvalue weighted by Crippen LogP contribution is -2.40. The highest BCUT2D eigenvalue weighted by Gasteiger charge is 2.12. The van der Waals surface area contributed by atoms with Crippen molar-refractivity contribution in [1.29, 1.82) is 0 Å². The fraction of sp³-hybridized carbons (Fsp3) is 0.722. The van der Waals surface area contributed by atoms with Gasteiger partial charge in [-0.15, -0.1) is 24.0 Å². The molecule has 1 aliphatic rings. The van der Waals surface area contributed by atoms with Gasteiger partial charge >= 0.3 is 0 Å². The molecule has 0 radical (unpaired) electrons. The zero-order chi connectivity index (χ0) is 16.9. The van der Waals surface area contributed by atoms with Gasteiger partial charge in [-0.05, 0) is 44.2 Å². The molecule has 2 heterocycles. The molecule has 0 amide bonds. The maximum Gasteiger partial charge on any atom is 0.191 e. The van der Waals surface area contributed by atoms with Gasteiger partial charge in [0.25, 0.3) is 0 Å². The summed E-state index contributed by atoms with van der Waals surface area (Å²) in [5.74, 6) is 1.82. The number of methoxy groups -OCH3 is 1. The molecule has 1 fully saturated rings. The van der Waals surface area contributed by atoms with E-state index in [1.54, 1.807) is 13.4 Å². The molecule has 1 atom stereocenters. The van der Waals surface area contributed by atoms with Crippen LogP contribution >= 0.6 is 24.0 Å². The quantitative estimate of drug-likeness (QED) is 0.241. The lowest BCUT2D eigenvalue weighted by atomic mass is 10.1. The molecule has 0 aliphatic carbocycles. The van der Waals surface area contributed by atoms with Gasteiger partial charge in [-0.2, -0.15) is 0 Å². The van der Waals surface area contributed by atoms with Gasteiger partial charge in [0.15, 0.2) is 5.96 Å². The summed E-state index contributed by atoms with van der Waals surface area (Å²) in [5, 5.41) is 6.64. The van der Waals surface area contributed by atoms with Crippen molar-refractivity contribution < 1.29 is 13.9 Å². The van der Waals surface area contributed by atoms with E-state index >= 15 is 0 Å². The average Bonchev–Trinajstić information content (AvgIpc) is 3.13. The van der Waals surface area contributed by atoms with Crippen molar-refractivity contribution in [2.75, 3.05) is 40.0 Å². The van der Waals surface area contributed by atoms with E-state index < -0.39 is 0 Å². The molecule has 144 valence electrons. The van der Waals surface area contributed by atoms with Crippen LogP contribution < -0.4 is 10.6 Å². The van der Waals surface area contributed by atoms with Gasteiger partial charge in [-0.25, -0.2) is 0 Å². The number of nitrogens with zero attached hydrogens (tertiary/aromatic N) is 1. The highest BCUT2D eigenvalue weighted by atomic mass is 127. The summed E-state index contributed by atoms with van der Waals surface area (Å²) in [6, 6.07) is 3.90. The van der Waals surface area contributed by atoms with E-state index in [2.05, 4.69) is 15.6 Å². The molecule has 1 aliphatic heterocycles. The molecule has 0 aromatic carbocycles. The molecular weight excluding hydrogens is 433 g/mol. The van der Waals surface area contributed by atoms with Crippen LogP contribution in [0, 0.1) is 0 Å². The van der Waals surface area contributed by atoms with Crippen molar-refractivity contribution in [3.63, 3.8) is 0 Å². The van der Waals surface area contributed by atoms with Crippen LogP contribution in [-0.4, -0.2) is 52.0 Å². The maximum absolute atomic E-state index is 5.76. The van der Waals surface area contributed by atoms with E-state index in [1.807, 2.05) is 12.1 Å². The molecule has 25 heavy (non-hydrogen) atoms. The number of aliphatic imine (C=N–C) groups is 1. The Morgan fingerprint density at radius 3 is 2.92 bits per heavy atom. The molecule has 1 aromatic heterocycles. The Kier molecular flexibility index (Phi) is 12.8. The van der Waals surface area contributed by atoms with Crippen molar-refractivity contribution in [3.05, 3.63) is 24.2 Å². The fourth-order valence-corrected chi connectivity index (χ4v) is 2.75. The number of nitrogens with one attached hydrogen (secondary N) is 2. The summed E-state index contributed by atoms with van der Waals surface area (Å²) in [7, 11) is 1.70. The van der Waals surface area contributed by atoms with Gasteiger partial charge in [0.1, 0.15) is 5.76 Å². The molecule has 1 saturated heterocycles. The molecule has 2 N–H and O–H groups in total. The first-order chi connectivity index (χ1) is 11.9. The average molecular weight is 465 g/mol. The summed E-state index contributed by atoms with van der Waals surface area (Å²) >= 11 is 0. The van der Waals surface area contributed by atoms with Crippen molar-refractivity contribution >= 4 is 29.9 Å². The highest BCUT2D eigenvalue weighted by molar-refractivity contribution is 14.0. The van der Waals surface area contributed by atoms with Gasteiger partial charge in [-0.3, -0.25) is 4.99 Å². The Morgan fingerprint density at radius 2 is 2.20 bits per heavy atom. The molecule has 7 heteroatoms. The number of ether oxygens (including phenoxy) is 2. The van der Waals surface area contributed by atoms with Crippen LogP contribution in [0.25, 0.3) is 0 Å². The van der Waals surface area contributed by atoms with E-state index in [9.17, 15) is 0 Å². The van der Waals surface area contributed by atoms with Crippen molar-refractivity contribution in [2.45, 2.75) is 44.6 Å². The topological polar surface area (TPSA) is 68.0 Å². The van der Waals surface area contributed by atoms with Crippen molar-refractivity contribution in [3.8, 4) is 0 Å². The second-order valence-electron chi connectivity index (χ2n) is 6.04. The fourth-order valence-electron chi connectivity index (χ4n) is 2.75. The predicted octanol–water partition coefficient (Wildman–Crippen LogP) is 2.97. The van der Waals surface area contributed by atoms with Gasteiger partial charge < -0.3 is 24.5 Å². The zero-order valence-corrected chi connectivity index (χ0v) is 17.5.